The molecular weight excluding hydrogens is 425 g/mol. The molecule has 2 rings (SSSR count). The van der Waals surface area contributed by atoms with Crippen molar-refractivity contribution in [3.05, 3.63) is 48.0 Å². The maximum atomic E-state index is 12.8. The number of primary amides is 1. The number of methoxy groups -OCH3 is 1. The lowest BCUT2D eigenvalue weighted by molar-refractivity contribution is -0.0436. The Balaban J connectivity index is 2.63. The van der Waals surface area contributed by atoms with Gasteiger partial charge in [0, 0.05) is 0 Å². The van der Waals surface area contributed by atoms with Crippen molar-refractivity contribution in [2.45, 2.75) is 15.3 Å². The van der Waals surface area contributed by atoms with Gasteiger partial charge in [-0.25, -0.2) is 16.8 Å². The molecule has 0 radical (unpaired) electrons. The first-order valence-electron chi connectivity index (χ1n) is 7.22. The van der Waals surface area contributed by atoms with Gasteiger partial charge in [-0.15, -0.1) is 0 Å². The van der Waals surface area contributed by atoms with Crippen molar-refractivity contribution in [2.24, 2.45) is 5.73 Å². The molecule has 0 aliphatic heterocycles. The van der Waals surface area contributed by atoms with Gasteiger partial charge in [0.2, 0.25) is 0 Å². The highest BCUT2D eigenvalue weighted by molar-refractivity contribution is 7.93. The van der Waals surface area contributed by atoms with E-state index in [1.165, 1.54) is 24.3 Å². The number of carbonyl (C=O) groups is 1. The number of sulfone groups is 1. The SMILES string of the molecule is COc1ccc(S(=O)(=O)C(F)(F)F)cc1S(=O)(=O)Nc1ccccc1C(N)=O. The smallest absolute Gasteiger partial charge is 0.495 e. The number of carbonyl (C=O) groups excluding carboxylic acids is 1. The molecule has 8 nitrogen and oxygen atoms in total. The Bertz CT molecular complexity index is 1130. The van der Waals surface area contributed by atoms with E-state index in [9.17, 15) is 34.8 Å². The molecule has 13 heteroatoms. The zero-order valence-electron chi connectivity index (χ0n) is 14.0. The number of benzene rings is 2. The molecule has 0 bridgehead atoms. The second kappa shape index (κ2) is 7.31. The molecule has 0 aromatic heterocycles. The number of hydrogen-bond acceptors (Lipinski definition) is 6. The minimum absolute atomic E-state index is 0.205. The van der Waals surface area contributed by atoms with E-state index in [-0.39, 0.29) is 11.3 Å². The van der Waals surface area contributed by atoms with Gasteiger partial charge in [0.25, 0.3) is 25.8 Å². The molecule has 0 fully saturated rings. The van der Waals surface area contributed by atoms with Crippen LogP contribution in [0.25, 0.3) is 0 Å². The molecule has 0 heterocycles. The zero-order valence-corrected chi connectivity index (χ0v) is 15.7. The lowest BCUT2D eigenvalue weighted by Gasteiger charge is -2.15. The van der Waals surface area contributed by atoms with Crippen molar-refractivity contribution in [3.8, 4) is 5.75 Å². The third-order valence-electron chi connectivity index (χ3n) is 3.48. The number of para-hydroxylation sites is 1. The first kappa shape index (κ1) is 21.5. The summed E-state index contributed by atoms with van der Waals surface area (Å²) >= 11 is 0. The number of nitrogens with one attached hydrogen (secondary N) is 1. The minimum atomic E-state index is -5.80. The van der Waals surface area contributed by atoms with E-state index >= 15 is 0 Å². The van der Waals surface area contributed by atoms with Crippen molar-refractivity contribution in [2.75, 3.05) is 11.8 Å². The third-order valence-corrected chi connectivity index (χ3v) is 6.35. The van der Waals surface area contributed by atoms with E-state index in [0.717, 1.165) is 13.2 Å². The van der Waals surface area contributed by atoms with Gasteiger partial charge in [-0.05, 0) is 30.3 Å². The number of ether oxygens (including phenoxy) is 1. The average molecular weight is 438 g/mol. The molecule has 0 spiro atoms. The minimum Gasteiger partial charge on any atom is -0.495 e. The molecule has 0 aliphatic rings. The number of nitrogens with two attached hydrogens (primary N) is 1. The Morgan fingerprint density at radius 1 is 1.07 bits per heavy atom. The summed E-state index contributed by atoms with van der Waals surface area (Å²) in [7, 11) is -9.41. The normalized spacial score (nSPS) is 12.4. The maximum absolute atomic E-state index is 12.8. The van der Waals surface area contributed by atoms with Gasteiger partial charge in [-0.1, -0.05) is 12.1 Å². The summed E-state index contributed by atoms with van der Waals surface area (Å²) in [6.07, 6.45) is 0. The fourth-order valence-electron chi connectivity index (χ4n) is 2.15. The van der Waals surface area contributed by atoms with E-state index in [0.29, 0.717) is 12.1 Å². The van der Waals surface area contributed by atoms with Crippen molar-refractivity contribution >= 4 is 31.5 Å². The van der Waals surface area contributed by atoms with Crippen LogP contribution < -0.4 is 15.2 Å². The lowest BCUT2D eigenvalue weighted by atomic mass is 10.2. The van der Waals surface area contributed by atoms with Crippen LogP contribution in [0.4, 0.5) is 18.9 Å². The average Bonchev–Trinajstić information content (AvgIpc) is 2.60. The Morgan fingerprint density at radius 2 is 1.68 bits per heavy atom. The highest BCUT2D eigenvalue weighted by Gasteiger charge is 2.47. The van der Waals surface area contributed by atoms with Gasteiger partial charge in [0.05, 0.1) is 23.3 Å². The second-order valence-corrected chi connectivity index (χ2v) is 8.87. The summed E-state index contributed by atoms with van der Waals surface area (Å²) in [5, 5.41) is 0. The van der Waals surface area contributed by atoms with Gasteiger partial charge in [0.15, 0.2) is 0 Å². The highest BCUT2D eigenvalue weighted by atomic mass is 32.2. The second-order valence-electron chi connectivity index (χ2n) is 5.28. The van der Waals surface area contributed by atoms with Crippen LogP contribution in [-0.2, 0) is 19.9 Å². The number of alkyl halides is 3. The third kappa shape index (κ3) is 4.04. The van der Waals surface area contributed by atoms with Crippen molar-refractivity contribution in [1.29, 1.82) is 0 Å². The van der Waals surface area contributed by atoms with E-state index in [1.54, 1.807) is 0 Å². The van der Waals surface area contributed by atoms with Crippen LogP contribution in [0, 0.1) is 0 Å². The molecule has 0 saturated carbocycles. The standard InChI is InChI=1S/C15H13F3N2O6S2/c1-26-12-7-6-9(27(22,23)15(16,17)18)8-13(12)28(24,25)20-11-5-3-2-4-10(11)14(19)21/h2-8,20H,1H3,(H2,19,21). The molecule has 1 amide bonds. The topological polar surface area (TPSA) is 133 Å². The molecule has 2 aromatic carbocycles. The highest BCUT2D eigenvalue weighted by Crippen LogP contribution is 2.35. The van der Waals surface area contributed by atoms with E-state index in [1.807, 2.05) is 4.72 Å². The van der Waals surface area contributed by atoms with Gasteiger partial charge < -0.3 is 10.5 Å². The maximum Gasteiger partial charge on any atom is 0.501 e. The predicted molar refractivity (Wildman–Crippen MR) is 92.0 cm³/mol. The Hall–Kier alpha value is -2.80. The quantitative estimate of drug-likeness (QED) is 0.708. The Morgan fingerprint density at radius 3 is 2.21 bits per heavy atom. The summed E-state index contributed by atoms with van der Waals surface area (Å²) in [6, 6.07) is 6.87. The first-order chi connectivity index (χ1) is 12.8. The van der Waals surface area contributed by atoms with Crippen LogP contribution in [0.3, 0.4) is 0 Å². The van der Waals surface area contributed by atoms with Crippen LogP contribution >= 0.6 is 0 Å². The molecule has 3 N–H and O–H groups in total. The fourth-order valence-corrected chi connectivity index (χ4v) is 4.29. The molecule has 28 heavy (non-hydrogen) atoms. The number of amides is 1. The van der Waals surface area contributed by atoms with E-state index in [4.69, 9.17) is 10.5 Å². The molecular formula is C15H13F3N2O6S2. The number of rotatable bonds is 6. The van der Waals surface area contributed by atoms with Gasteiger partial charge in [-0.3, -0.25) is 9.52 Å². The van der Waals surface area contributed by atoms with Gasteiger partial charge >= 0.3 is 5.51 Å². The molecule has 0 aliphatic carbocycles. The molecule has 0 unspecified atom stereocenters. The van der Waals surface area contributed by atoms with Crippen LogP contribution in [0.2, 0.25) is 0 Å². The molecule has 152 valence electrons. The largest absolute Gasteiger partial charge is 0.501 e. The Labute approximate surface area is 158 Å². The monoisotopic (exact) mass is 438 g/mol. The Kier molecular flexibility index (Phi) is 5.62. The van der Waals surface area contributed by atoms with Crippen LogP contribution in [0.5, 0.6) is 5.75 Å². The zero-order chi connectivity index (χ0) is 21.3. The fraction of sp³-hybridized carbons (Fsp3) is 0.133. The van der Waals surface area contributed by atoms with Crippen LogP contribution in [-0.4, -0.2) is 35.4 Å². The lowest BCUT2D eigenvalue weighted by Crippen LogP contribution is -2.24. The van der Waals surface area contributed by atoms with Crippen molar-refractivity contribution in [1.82, 2.24) is 0 Å². The van der Waals surface area contributed by atoms with E-state index in [2.05, 4.69) is 0 Å². The number of halogens is 3. The van der Waals surface area contributed by atoms with E-state index < -0.39 is 46.8 Å². The van der Waals surface area contributed by atoms with Crippen LogP contribution in [0.1, 0.15) is 10.4 Å². The summed E-state index contributed by atoms with van der Waals surface area (Å²) in [4.78, 5) is 9.26. The summed E-state index contributed by atoms with van der Waals surface area (Å²) in [5.41, 5.74) is -0.929. The summed E-state index contributed by atoms with van der Waals surface area (Å²) in [6.45, 7) is 0. The number of sulfonamides is 1. The first-order valence-corrected chi connectivity index (χ1v) is 10.2. The van der Waals surface area contributed by atoms with Crippen LogP contribution in [0.15, 0.2) is 52.3 Å². The van der Waals surface area contributed by atoms with Crippen molar-refractivity contribution in [3.63, 3.8) is 0 Å². The number of anilines is 1. The molecule has 2 aromatic rings. The molecule has 0 saturated heterocycles. The van der Waals surface area contributed by atoms with Gasteiger partial charge in [-0.2, -0.15) is 13.2 Å². The number of hydrogen-bond donors (Lipinski definition) is 2. The summed E-state index contributed by atoms with van der Waals surface area (Å²) in [5.74, 6) is -1.37. The predicted octanol–water partition coefficient (Wildman–Crippen LogP) is 1.89. The summed E-state index contributed by atoms with van der Waals surface area (Å²) < 4.78 is 93.7. The van der Waals surface area contributed by atoms with Crippen molar-refractivity contribution < 1.29 is 39.5 Å². The van der Waals surface area contributed by atoms with Gasteiger partial charge in [0.1, 0.15) is 10.6 Å². The molecule has 0 atom stereocenters.